The van der Waals surface area contributed by atoms with Gasteiger partial charge >= 0.3 is 11.9 Å². The molecule has 0 N–H and O–H groups in total. The first-order chi connectivity index (χ1) is 26.6. The highest BCUT2D eigenvalue weighted by atomic mass is 16.6. The third-order valence-electron chi connectivity index (χ3n) is 8.87. The van der Waals surface area contributed by atoms with E-state index >= 15 is 0 Å². The number of carboxylic acid groups (broad SMARTS) is 1. The van der Waals surface area contributed by atoms with Crippen molar-refractivity contribution in [1.29, 1.82) is 0 Å². The zero-order valence-corrected chi connectivity index (χ0v) is 35.3. The van der Waals surface area contributed by atoms with Gasteiger partial charge in [0.25, 0.3) is 0 Å². The monoisotopic (exact) mass is 768 g/mol. The summed E-state index contributed by atoms with van der Waals surface area (Å²) in [5.41, 5.74) is 0. The number of carboxylic acids is 1. The lowest BCUT2D eigenvalue weighted by molar-refractivity contribution is -0.889. The Kier molecular flexibility index (Phi) is 35.1. The highest BCUT2D eigenvalue weighted by Crippen LogP contribution is 2.13. The number of carbonyl (C=O) groups is 3. The van der Waals surface area contributed by atoms with Crippen LogP contribution >= 0.6 is 0 Å². The fourth-order valence-electron chi connectivity index (χ4n) is 5.62. The van der Waals surface area contributed by atoms with Gasteiger partial charge in [-0.25, -0.2) is 0 Å². The van der Waals surface area contributed by atoms with Gasteiger partial charge in [0.15, 0.2) is 6.10 Å². The zero-order chi connectivity index (χ0) is 40.7. The number of hydrogen-bond donors (Lipinski definition) is 0. The third-order valence-corrected chi connectivity index (χ3v) is 8.87. The molecule has 0 aromatic carbocycles. The Morgan fingerprint density at radius 1 is 0.564 bits per heavy atom. The molecule has 0 aliphatic heterocycles. The van der Waals surface area contributed by atoms with Gasteiger partial charge in [-0.15, -0.1) is 0 Å². The molecule has 2 unspecified atom stereocenters. The summed E-state index contributed by atoms with van der Waals surface area (Å²) in [7, 11) is 5.38. The molecule has 0 amide bonds. The van der Waals surface area contributed by atoms with E-state index in [1.165, 1.54) is 12.8 Å². The van der Waals surface area contributed by atoms with E-state index in [0.29, 0.717) is 12.8 Å². The molecule has 312 valence electrons. The van der Waals surface area contributed by atoms with Crippen LogP contribution < -0.4 is 5.11 Å². The molecule has 0 spiro atoms. The highest BCUT2D eigenvalue weighted by molar-refractivity contribution is 5.70. The molecular weight excluding hydrogens is 691 g/mol. The van der Waals surface area contributed by atoms with Crippen LogP contribution in [0, 0.1) is 0 Å². The predicted molar refractivity (Wildman–Crippen MR) is 226 cm³/mol. The van der Waals surface area contributed by atoms with Crippen LogP contribution in [-0.2, 0) is 28.6 Å². The van der Waals surface area contributed by atoms with Gasteiger partial charge in [0.05, 0.1) is 40.3 Å². The van der Waals surface area contributed by atoms with Gasteiger partial charge in [-0.3, -0.25) is 9.59 Å². The Hall–Kier alpha value is -3.49. The van der Waals surface area contributed by atoms with Gasteiger partial charge in [0, 0.05) is 19.3 Å². The van der Waals surface area contributed by atoms with Crippen LogP contribution in [0.5, 0.6) is 0 Å². The van der Waals surface area contributed by atoms with Crippen molar-refractivity contribution in [3.63, 3.8) is 0 Å². The lowest BCUT2D eigenvalue weighted by Gasteiger charge is -2.34. The lowest BCUT2D eigenvalue weighted by atomic mass is 10.1. The molecule has 0 rings (SSSR count). The topological polar surface area (TPSA) is 102 Å². The summed E-state index contributed by atoms with van der Waals surface area (Å²) in [5.74, 6) is -1.80. The maximum atomic E-state index is 12.7. The van der Waals surface area contributed by atoms with Gasteiger partial charge < -0.3 is 28.6 Å². The lowest BCUT2D eigenvalue weighted by Crippen LogP contribution is -2.55. The highest BCUT2D eigenvalue weighted by Gasteiger charge is 2.25. The summed E-state index contributed by atoms with van der Waals surface area (Å²) >= 11 is 0. The van der Waals surface area contributed by atoms with Crippen LogP contribution in [0.3, 0.4) is 0 Å². The van der Waals surface area contributed by atoms with Crippen LogP contribution in [0.15, 0.2) is 85.1 Å². The number of esters is 2. The molecular formula is C47H77NO7. The smallest absolute Gasteiger partial charge is 0.306 e. The van der Waals surface area contributed by atoms with Crippen LogP contribution in [0.2, 0.25) is 0 Å². The van der Waals surface area contributed by atoms with Crippen LogP contribution in [0.25, 0.3) is 0 Å². The molecule has 55 heavy (non-hydrogen) atoms. The predicted octanol–water partition coefficient (Wildman–Crippen LogP) is 10.0. The van der Waals surface area contributed by atoms with Crippen LogP contribution in [0.4, 0.5) is 0 Å². The van der Waals surface area contributed by atoms with Gasteiger partial charge in [-0.1, -0.05) is 144 Å². The molecule has 0 aliphatic rings. The van der Waals surface area contributed by atoms with Crippen molar-refractivity contribution in [3.05, 3.63) is 85.1 Å². The number of quaternary nitrogens is 1. The molecule has 0 saturated carbocycles. The van der Waals surface area contributed by atoms with Crippen molar-refractivity contribution in [2.45, 2.75) is 154 Å². The number of hydrogen-bond acceptors (Lipinski definition) is 7. The van der Waals surface area contributed by atoms with E-state index in [9.17, 15) is 19.5 Å². The molecule has 2 atom stereocenters. The minimum absolute atomic E-state index is 0.0220. The SMILES string of the molecule is CC/C=C/C=C/C=C/C=C/CCCCCCCC(=O)OCC(COCCC(C(=O)[O-])[N+](C)(C)C)OC(=O)CCCCCCCC/C=C/C/C=C/C/C=C/CC. The number of ether oxygens (including phenoxy) is 3. The fraction of sp³-hybridized carbons (Fsp3) is 0.638. The van der Waals surface area contributed by atoms with Crippen molar-refractivity contribution in [1.82, 2.24) is 0 Å². The number of carbonyl (C=O) groups excluding carboxylic acids is 3. The average molecular weight is 768 g/mol. The summed E-state index contributed by atoms with van der Waals surface area (Å²) < 4.78 is 17.1. The fourth-order valence-corrected chi connectivity index (χ4v) is 5.62. The molecule has 0 fully saturated rings. The quantitative estimate of drug-likeness (QED) is 0.0206. The second-order valence-electron chi connectivity index (χ2n) is 14.9. The molecule has 0 radical (unpaired) electrons. The maximum absolute atomic E-state index is 12.7. The van der Waals surface area contributed by atoms with E-state index in [4.69, 9.17) is 14.2 Å². The molecule has 8 nitrogen and oxygen atoms in total. The van der Waals surface area contributed by atoms with Crippen molar-refractivity contribution < 1.29 is 38.2 Å². The second kappa shape index (κ2) is 37.4. The number of nitrogens with zero attached hydrogens (tertiary/aromatic N) is 1. The van der Waals surface area contributed by atoms with Crippen molar-refractivity contribution in [3.8, 4) is 0 Å². The summed E-state index contributed by atoms with van der Waals surface area (Å²) in [6.45, 7) is 4.35. The van der Waals surface area contributed by atoms with Gasteiger partial charge in [-0.05, 0) is 64.2 Å². The van der Waals surface area contributed by atoms with Gasteiger partial charge in [0.2, 0.25) is 0 Å². The summed E-state index contributed by atoms with van der Waals surface area (Å²) in [6.07, 6.45) is 47.4. The number of rotatable bonds is 36. The summed E-state index contributed by atoms with van der Waals surface area (Å²) in [6, 6.07) is -0.736. The van der Waals surface area contributed by atoms with E-state index in [1.54, 1.807) is 21.1 Å². The average Bonchev–Trinajstić information content (AvgIpc) is 3.14. The Morgan fingerprint density at radius 2 is 1.05 bits per heavy atom. The minimum atomic E-state index is -1.14. The van der Waals surface area contributed by atoms with Crippen molar-refractivity contribution in [2.24, 2.45) is 0 Å². The Labute approximate surface area is 335 Å². The standard InChI is InChI=1S/C47H77NO7/c1-6-8-10-12-14-16-18-20-22-24-26-28-30-32-34-36-38-46(50)55-43(41-53-40-39-44(47(51)52)48(3,4)5)42-54-45(49)37-35-33-31-29-27-25-23-21-19-17-15-13-11-9-7-2/h8-11,13-17,19-23,43-44H,6-7,12,18,24-42H2,1-5H3/b10-8+,11-9+,15-13+,16-14+,19-17+,22-20+,23-21+. The summed E-state index contributed by atoms with van der Waals surface area (Å²) in [5, 5.41) is 11.6. The third kappa shape index (κ3) is 35.9. The number of allylic oxidation sites excluding steroid dienone is 14. The van der Waals surface area contributed by atoms with E-state index in [-0.39, 0.29) is 42.7 Å². The summed E-state index contributed by atoms with van der Waals surface area (Å²) in [4.78, 5) is 36.8. The van der Waals surface area contributed by atoms with Crippen LogP contribution in [-0.4, -0.2) is 75.5 Å². The van der Waals surface area contributed by atoms with E-state index in [0.717, 1.165) is 96.3 Å². The molecule has 8 heteroatoms. The largest absolute Gasteiger partial charge is 0.544 e. The molecule has 0 aliphatic carbocycles. The van der Waals surface area contributed by atoms with Crippen LogP contribution in [0.1, 0.15) is 142 Å². The first kappa shape index (κ1) is 51.5. The molecule has 0 bridgehead atoms. The molecule has 0 heterocycles. The Balaban J connectivity index is 4.45. The number of unbranched alkanes of at least 4 members (excludes halogenated alkanes) is 11. The maximum Gasteiger partial charge on any atom is 0.306 e. The number of aliphatic carboxylic acids is 1. The molecule has 0 aromatic rings. The first-order valence-electron chi connectivity index (χ1n) is 21.2. The normalized spacial score (nSPS) is 13.8. The van der Waals surface area contributed by atoms with E-state index < -0.39 is 18.1 Å². The van der Waals surface area contributed by atoms with E-state index in [1.807, 2.05) is 30.4 Å². The van der Waals surface area contributed by atoms with Gasteiger partial charge in [-0.2, -0.15) is 0 Å². The first-order valence-corrected chi connectivity index (χ1v) is 21.2. The second-order valence-corrected chi connectivity index (χ2v) is 14.9. The molecule has 0 saturated heterocycles. The number of likely N-dealkylation sites (N-methyl/N-ethyl adjacent to an activating group) is 1. The minimum Gasteiger partial charge on any atom is -0.544 e. The van der Waals surface area contributed by atoms with Crippen molar-refractivity contribution >= 4 is 17.9 Å². The van der Waals surface area contributed by atoms with Crippen molar-refractivity contribution in [2.75, 3.05) is 41.0 Å². The Bertz CT molecular complexity index is 1170. The Morgan fingerprint density at radius 3 is 1.64 bits per heavy atom. The zero-order valence-electron chi connectivity index (χ0n) is 35.3. The van der Waals surface area contributed by atoms with Gasteiger partial charge in [0.1, 0.15) is 12.6 Å². The van der Waals surface area contributed by atoms with E-state index in [2.05, 4.69) is 68.5 Å². The molecule has 0 aromatic heterocycles.